The van der Waals surface area contributed by atoms with Crippen LogP contribution in [-0.4, -0.2) is 24.8 Å². The molecule has 3 amide bonds. The lowest BCUT2D eigenvalue weighted by Gasteiger charge is -2.18. The number of rotatable bonds is 6. The number of ether oxygens (including phenoxy) is 1. The number of carbonyl (C=O) groups is 3. The Morgan fingerprint density at radius 3 is 2.23 bits per heavy atom. The number of benzene rings is 3. The Morgan fingerprint density at radius 1 is 0.886 bits per heavy atom. The van der Waals surface area contributed by atoms with Gasteiger partial charge in [-0.05, 0) is 79.9 Å². The maximum Gasteiger partial charge on any atom is 0.283 e. The summed E-state index contributed by atoms with van der Waals surface area (Å²) in [6.07, 6.45) is 0. The van der Waals surface area contributed by atoms with Gasteiger partial charge in [-0.1, -0.05) is 29.8 Å². The van der Waals surface area contributed by atoms with Crippen molar-refractivity contribution >= 4 is 46.4 Å². The standard InChI is InChI=1S/C27H24ClN3O4/c1-15-5-7-17(3)20(13-15)30-25(32)18-8-10-19(11-9-18)29-24-23(28)26(33)31(27(24)34)21-14-16(2)6-12-22(21)35-4/h5-14,29H,1-4H3,(H,30,32). The summed E-state index contributed by atoms with van der Waals surface area (Å²) in [6, 6.07) is 17.6. The number of nitrogens with zero attached hydrogens (tertiary/aromatic N) is 1. The number of halogens is 1. The highest BCUT2D eigenvalue weighted by Gasteiger charge is 2.40. The van der Waals surface area contributed by atoms with Crippen LogP contribution in [0.5, 0.6) is 5.75 Å². The summed E-state index contributed by atoms with van der Waals surface area (Å²) in [5, 5.41) is 5.60. The Balaban J connectivity index is 1.52. The zero-order valence-corrected chi connectivity index (χ0v) is 20.5. The quantitative estimate of drug-likeness (QED) is 0.458. The third-order valence-electron chi connectivity index (χ3n) is 5.66. The van der Waals surface area contributed by atoms with Crippen molar-refractivity contribution < 1.29 is 19.1 Å². The molecule has 0 saturated carbocycles. The summed E-state index contributed by atoms with van der Waals surface area (Å²) in [5.74, 6) is -1.12. The van der Waals surface area contributed by atoms with E-state index in [0.29, 0.717) is 22.7 Å². The summed E-state index contributed by atoms with van der Waals surface area (Å²) in [6.45, 7) is 5.73. The van der Waals surface area contributed by atoms with Crippen LogP contribution in [0.2, 0.25) is 0 Å². The zero-order valence-electron chi connectivity index (χ0n) is 19.7. The van der Waals surface area contributed by atoms with Gasteiger partial charge in [0, 0.05) is 16.9 Å². The number of anilines is 3. The van der Waals surface area contributed by atoms with Gasteiger partial charge in [0.05, 0.1) is 12.8 Å². The van der Waals surface area contributed by atoms with E-state index in [4.69, 9.17) is 16.3 Å². The van der Waals surface area contributed by atoms with Gasteiger partial charge < -0.3 is 15.4 Å². The van der Waals surface area contributed by atoms with Gasteiger partial charge in [-0.25, -0.2) is 4.90 Å². The molecule has 3 aromatic rings. The average molecular weight is 490 g/mol. The molecule has 178 valence electrons. The van der Waals surface area contributed by atoms with Crippen molar-refractivity contribution in [3.63, 3.8) is 0 Å². The van der Waals surface area contributed by atoms with Crippen LogP contribution in [0.15, 0.2) is 71.4 Å². The van der Waals surface area contributed by atoms with Gasteiger partial charge in [-0.3, -0.25) is 14.4 Å². The fourth-order valence-corrected chi connectivity index (χ4v) is 3.93. The van der Waals surface area contributed by atoms with Crippen LogP contribution >= 0.6 is 11.6 Å². The van der Waals surface area contributed by atoms with Crippen molar-refractivity contribution in [2.45, 2.75) is 20.8 Å². The van der Waals surface area contributed by atoms with Gasteiger partial charge in [-0.15, -0.1) is 0 Å². The monoisotopic (exact) mass is 489 g/mol. The van der Waals surface area contributed by atoms with Gasteiger partial charge in [-0.2, -0.15) is 0 Å². The molecule has 0 saturated heterocycles. The van der Waals surface area contributed by atoms with E-state index >= 15 is 0 Å². The lowest BCUT2D eigenvalue weighted by molar-refractivity contribution is -0.120. The van der Waals surface area contributed by atoms with Crippen LogP contribution in [-0.2, 0) is 9.59 Å². The first-order valence-electron chi connectivity index (χ1n) is 10.9. The van der Waals surface area contributed by atoms with Crippen molar-refractivity contribution in [3.8, 4) is 5.75 Å². The van der Waals surface area contributed by atoms with Crippen molar-refractivity contribution in [2.75, 3.05) is 22.6 Å². The Hall–Kier alpha value is -4.10. The lowest BCUT2D eigenvalue weighted by atomic mass is 10.1. The number of methoxy groups -OCH3 is 1. The van der Waals surface area contributed by atoms with Crippen molar-refractivity contribution in [1.82, 2.24) is 0 Å². The molecular weight excluding hydrogens is 466 g/mol. The normalized spacial score (nSPS) is 13.3. The summed E-state index contributed by atoms with van der Waals surface area (Å²) < 4.78 is 5.32. The lowest BCUT2D eigenvalue weighted by Crippen LogP contribution is -2.32. The van der Waals surface area contributed by atoms with Crippen LogP contribution < -0.4 is 20.3 Å². The minimum Gasteiger partial charge on any atom is -0.495 e. The zero-order chi connectivity index (χ0) is 25.3. The molecule has 0 bridgehead atoms. The van der Waals surface area contributed by atoms with Crippen molar-refractivity contribution in [3.05, 3.63) is 93.6 Å². The van der Waals surface area contributed by atoms with Crippen LogP contribution in [0.4, 0.5) is 17.1 Å². The second-order valence-electron chi connectivity index (χ2n) is 8.28. The van der Waals surface area contributed by atoms with Gasteiger partial charge in [0.25, 0.3) is 17.7 Å². The van der Waals surface area contributed by atoms with Crippen LogP contribution in [0.3, 0.4) is 0 Å². The van der Waals surface area contributed by atoms with E-state index in [1.165, 1.54) is 7.11 Å². The van der Waals surface area contributed by atoms with Crippen LogP contribution in [0, 0.1) is 20.8 Å². The van der Waals surface area contributed by atoms with E-state index < -0.39 is 11.8 Å². The highest BCUT2D eigenvalue weighted by atomic mass is 35.5. The Kier molecular flexibility index (Phi) is 6.62. The molecule has 0 aromatic heterocycles. The van der Waals surface area contributed by atoms with E-state index in [2.05, 4.69) is 10.6 Å². The first-order chi connectivity index (χ1) is 16.7. The SMILES string of the molecule is COc1ccc(C)cc1N1C(=O)C(Cl)=C(Nc2ccc(C(=O)Nc3cc(C)ccc3C)cc2)C1=O. The molecule has 0 atom stereocenters. The summed E-state index contributed by atoms with van der Waals surface area (Å²) >= 11 is 6.25. The number of aryl methyl sites for hydroxylation is 3. The molecule has 4 rings (SSSR count). The molecule has 3 aromatic carbocycles. The predicted molar refractivity (Wildman–Crippen MR) is 137 cm³/mol. The number of nitrogens with one attached hydrogen (secondary N) is 2. The van der Waals surface area contributed by atoms with Gasteiger partial charge >= 0.3 is 0 Å². The average Bonchev–Trinajstić information content (AvgIpc) is 3.04. The molecule has 0 spiro atoms. The molecular formula is C27H24ClN3O4. The molecule has 0 aliphatic carbocycles. The topological polar surface area (TPSA) is 87.7 Å². The summed E-state index contributed by atoms with van der Waals surface area (Å²) in [5.41, 5.74) is 4.82. The first kappa shape index (κ1) is 24.0. The van der Waals surface area contributed by atoms with Crippen LogP contribution in [0.1, 0.15) is 27.0 Å². The Morgan fingerprint density at radius 2 is 1.54 bits per heavy atom. The minimum absolute atomic E-state index is 0.0483. The highest BCUT2D eigenvalue weighted by molar-refractivity contribution is 6.53. The number of amides is 3. The molecule has 7 nitrogen and oxygen atoms in total. The maximum atomic E-state index is 13.1. The Bertz CT molecular complexity index is 1380. The number of hydrogen-bond acceptors (Lipinski definition) is 5. The molecule has 2 N–H and O–H groups in total. The van der Waals surface area contributed by atoms with Gasteiger partial charge in [0.2, 0.25) is 0 Å². The fourth-order valence-electron chi connectivity index (χ4n) is 3.72. The summed E-state index contributed by atoms with van der Waals surface area (Å²) in [4.78, 5) is 39.6. The van der Waals surface area contributed by atoms with Gasteiger partial charge in [0.1, 0.15) is 16.5 Å². The smallest absolute Gasteiger partial charge is 0.283 e. The largest absolute Gasteiger partial charge is 0.495 e. The molecule has 1 aliphatic rings. The fraction of sp³-hybridized carbons (Fsp3) is 0.148. The summed E-state index contributed by atoms with van der Waals surface area (Å²) in [7, 11) is 1.46. The molecule has 35 heavy (non-hydrogen) atoms. The third kappa shape index (κ3) is 4.76. The van der Waals surface area contributed by atoms with E-state index in [9.17, 15) is 14.4 Å². The second kappa shape index (κ2) is 9.64. The van der Waals surface area contributed by atoms with E-state index in [0.717, 1.165) is 27.3 Å². The maximum absolute atomic E-state index is 13.1. The minimum atomic E-state index is -0.646. The molecule has 8 heteroatoms. The molecule has 0 unspecified atom stereocenters. The van der Waals surface area contributed by atoms with Crippen LogP contribution in [0.25, 0.3) is 0 Å². The first-order valence-corrected chi connectivity index (χ1v) is 11.3. The van der Waals surface area contributed by atoms with E-state index in [-0.39, 0.29) is 16.6 Å². The highest BCUT2D eigenvalue weighted by Crippen LogP contribution is 2.36. The van der Waals surface area contributed by atoms with Gasteiger partial charge in [0.15, 0.2) is 0 Å². The predicted octanol–water partition coefficient (Wildman–Crippen LogP) is 5.31. The van der Waals surface area contributed by atoms with E-state index in [1.807, 2.05) is 45.0 Å². The third-order valence-corrected chi connectivity index (χ3v) is 6.01. The Labute approximate surface area is 208 Å². The number of hydrogen-bond donors (Lipinski definition) is 2. The molecule has 1 heterocycles. The molecule has 0 fully saturated rings. The molecule has 1 aliphatic heterocycles. The van der Waals surface area contributed by atoms with Crippen molar-refractivity contribution in [1.29, 1.82) is 0 Å². The number of carbonyl (C=O) groups excluding carboxylic acids is 3. The second-order valence-corrected chi connectivity index (χ2v) is 8.66. The van der Waals surface area contributed by atoms with Crippen molar-refractivity contribution in [2.24, 2.45) is 0 Å². The number of imide groups is 1. The van der Waals surface area contributed by atoms with E-state index in [1.54, 1.807) is 36.4 Å². The molecule has 0 radical (unpaired) electrons.